The second-order valence-electron chi connectivity index (χ2n) is 10.6. The van der Waals surface area contributed by atoms with Gasteiger partial charge in [-0.2, -0.15) is 18.2 Å². The van der Waals surface area contributed by atoms with E-state index in [0.717, 1.165) is 18.5 Å². The van der Waals surface area contributed by atoms with Gasteiger partial charge in [0, 0.05) is 24.1 Å². The highest BCUT2D eigenvalue weighted by molar-refractivity contribution is 5.94. The highest BCUT2D eigenvalue weighted by atomic mass is 19.4. The number of benzene rings is 3. The predicted molar refractivity (Wildman–Crippen MR) is 138 cm³/mol. The molecule has 38 heavy (non-hydrogen) atoms. The van der Waals surface area contributed by atoms with Gasteiger partial charge in [0.25, 0.3) is 5.91 Å². The summed E-state index contributed by atoms with van der Waals surface area (Å²) in [6.45, 7) is 6.99. The summed E-state index contributed by atoms with van der Waals surface area (Å²) >= 11 is 0. The van der Waals surface area contributed by atoms with Gasteiger partial charge in [-0.1, -0.05) is 87.5 Å². The van der Waals surface area contributed by atoms with E-state index >= 15 is 0 Å². The second kappa shape index (κ2) is 11.0. The first kappa shape index (κ1) is 27.4. The summed E-state index contributed by atoms with van der Waals surface area (Å²) < 4.78 is 38.5. The van der Waals surface area contributed by atoms with Gasteiger partial charge < -0.3 is 10.2 Å². The molecule has 0 heterocycles. The fourth-order valence-electron chi connectivity index (χ4n) is 4.22. The average Bonchev–Trinajstić information content (AvgIpc) is 3.66. The van der Waals surface area contributed by atoms with Crippen LogP contribution in [0.1, 0.15) is 65.7 Å². The maximum Gasteiger partial charge on any atom is 0.493 e. The minimum absolute atomic E-state index is 0.111. The van der Waals surface area contributed by atoms with Crippen LogP contribution >= 0.6 is 0 Å². The van der Waals surface area contributed by atoms with E-state index in [1.807, 2.05) is 0 Å². The molecule has 0 aromatic heterocycles. The molecule has 0 saturated heterocycles. The van der Waals surface area contributed by atoms with Crippen molar-refractivity contribution in [3.63, 3.8) is 0 Å². The number of carbonyl (C=O) groups is 2. The van der Waals surface area contributed by atoms with E-state index < -0.39 is 18.1 Å². The Hall–Kier alpha value is -3.65. The van der Waals surface area contributed by atoms with Gasteiger partial charge in [0.05, 0.1) is 6.54 Å². The first-order valence-corrected chi connectivity index (χ1v) is 12.5. The lowest BCUT2D eigenvalue weighted by Gasteiger charge is -2.22. The summed E-state index contributed by atoms with van der Waals surface area (Å²) in [7, 11) is 0. The summed E-state index contributed by atoms with van der Waals surface area (Å²) in [4.78, 5) is 28.9. The molecule has 1 fully saturated rings. The second-order valence-corrected chi connectivity index (χ2v) is 10.6. The maximum atomic E-state index is 13.0. The molecule has 2 unspecified atom stereocenters. The smallest absolute Gasteiger partial charge is 0.329 e. The van der Waals surface area contributed by atoms with Crippen LogP contribution in [0, 0.1) is 0 Å². The molecule has 1 N–H and O–H groups in total. The van der Waals surface area contributed by atoms with Crippen molar-refractivity contribution in [2.24, 2.45) is 0 Å². The molecule has 3 aromatic carbocycles. The Labute approximate surface area is 220 Å². The Kier molecular flexibility index (Phi) is 7.92. The van der Waals surface area contributed by atoms with Gasteiger partial charge in [0.15, 0.2) is 0 Å². The van der Waals surface area contributed by atoms with Gasteiger partial charge in [-0.3, -0.25) is 4.79 Å². The van der Waals surface area contributed by atoms with E-state index in [1.54, 1.807) is 54.6 Å². The lowest BCUT2D eigenvalue weighted by molar-refractivity contribution is -0.230. The van der Waals surface area contributed by atoms with E-state index in [9.17, 15) is 22.8 Å². The molecule has 3 aromatic rings. The number of nitrogens with zero attached hydrogens (tertiary/aromatic N) is 1. The van der Waals surface area contributed by atoms with E-state index in [2.05, 4.69) is 55.2 Å². The van der Waals surface area contributed by atoms with Crippen molar-refractivity contribution in [2.45, 2.75) is 63.8 Å². The molecule has 2 atom stereocenters. The Balaban J connectivity index is 1.37. The first-order valence-electron chi connectivity index (χ1n) is 12.5. The highest BCUT2D eigenvalue weighted by Crippen LogP contribution is 2.41. The van der Waals surface area contributed by atoms with Gasteiger partial charge in [-0.05, 0) is 46.2 Å². The van der Waals surface area contributed by atoms with Crippen molar-refractivity contribution in [1.82, 2.24) is 10.4 Å². The zero-order valence-corrected chi connectivity index (χ0v) is 21.6. The van der Waals surface area contributed by atoms with Gasteiger partial charge in [-0.25, -0.2) is 4.79 Å². The third-order valence-corrected chi connectivity index (χ3v) is 6.58. The van der Waals surface area contributed by atoms with Crippen molar-refractivity contribution in [3.8, 4) is 0 Å². The molecule has 4 rings (SSSR count). The van der Waals surface area contributed by atoms with Crippen molar-refractivity contribution < 1.29 is 27.6 Å². The van der Waals surface area contributed by atoms with Crippen LogP contribution in [0.3, 0.4) is 0 Å². The van der Waals surface area contributed by atoms with Crippen LogP contribution in [0.4, 0.5) is 13.2 Å². The number of hydrogen-bond donors (Lipinski definition) is 1. The molecule has 1 aliphatic carbocycles. The minimum Gasteiger partial charge on any atom is -0.329 e. The van der Waals surface area contributed by atoms with Crippen LogP contribution in [0.5, 0.6) is 0 Å². The Bertz CT molecular complexity index is 1250. The van der Waals surface area contributed by atoms with Crippen molar-refractivity contribution in [3.05, 3.63) is 107 Å². The Morgan fingerprint density at radius 3 is 2.11 bits per heavy atom. The number of amides is 1. The summed E-state index contributed by atoms with van der Waals surface area (Å²) in [6.07, 6.45) is -4.27. The topological polar surface area (TPSA) is 58.6 Å². The third kappa shape index (κ3) is 7.01. The van der Waals surface area contributed by atoms with Crippen LogP contribution in [-0.4, -0.2) is 29.2 Å². The van der Waals surface area contributed by atoms with Gasteiger partial charge in [0.2, 0.25) is 0 Å². The lowest BCUT2D eigenvalue weighted by atomic mass is 9.87. The van der Waals surface area contributed by atoms with Crippen molar-refractivity contribution >= 4 is 11.9 Å². The summed E-state index contributed by atoms with van der Waals surface area (Å²) in [5.41, 5.74) is 4.28. The quantitative estimate of drug-likeness (QED) is 0.369. The molecular weight excluding hydrogens is 493 g/mol. The summed E-state index contributed by atoms with van der Waals surface area (Å²) in [5.74, 6) is -2.99. The fraction of sp³-hybridized carbons (Fsp3) is 0.333. The van der Waals surface area contributed by atoms with Crippen LogP contribution in [0.25, 0.3) is 0 Å². The minimum atomic E-state index is -5.22. The molecule has 0 aliphatic heterocycles. The third-order valence-electron chi connectivity index (χ3n) is 6.58. The highest BCUT2D eigenvalue weighted by Gasteiger charge is 2.43. The van der Waals surface area contributed by atoms with E-state index in [1.165, 1.54) is 11.1 Å². The largest absolute Gasteiger partial charge is 0.493 e. The number of halogens is 3. The van der Waals surface area contributed by atoms with Crippen LogP contribution < -0.4 is 5.32 Å². The molecular formula is C30H31F3N2O3. The molecule has 5 nitrogen and oxygen atoms in total. The van der Waals surface area contributed by atoms with E-state index in [-0.39, 0.29) is 23.4 Å². The Morgan fingerprint density at radius 1 is 0.895 bits per heavy atom. The lowest BCUT2D eigenvalue weighted by Crippen LogP contribution is -2.38. The van der Waals surface area contributed by atoms with Crippen LogP contribution in [0.2, 0.25) is 0 Å². The van der Waals surface area contributed by atoms with Gasteiger partial charge >= 0.3 is 12.1 Å². The Morgan fingerprint density at radius 2 is 1.53 bits per heavy atom. The van der Waals surface area contributed by atoms with Gasteiger partial charge in [0.1, 0.15) is 0 Å². The van der Waals surface area contributed by atoms with Crippen LogP contribution in [0.15, 0.2) is 78.9 Å². The molecule has 1 amide bonds. The molecule has 0 radical (unpaired) electrons. The standard InChI is InChI=1S/C30H31F3N2O3/c1-29(2,3)24-15-9-20(10-16-24)18-34-26-17-25(26)22-11-13-23(14-12-22)27(36)35(38-28(37)30(31,32)33)19-21-7-5-4-6-8-21/h4-16,25-26,34H,17-19H2,1-3H3. The summed E-state index contributed by atoms with van der Waals surface area (Å²) in [6, 6.07) is 23.9. The first-order chi connectivity index (χ1) is 17.9. The monoisotopic (exact) mass is 524 g/mol. The van der Waals surface area contributed by atoms with Crippen molar-refractivity contribution in [1.29, 1.82) is 0 Å². The number of nitrogens with one attached hydrogen (secondary N) is 1. The number of hydrogen-bond acceptors (Lipinski definition) is 4. The van der Waals surface area contributed by atoms with E-state index in [4.69, 9.17) is 0 Å². The fourth-order valence-corrected chi connectivity index (χ4v) is 4.22. The molecule has 1 saturated carbocycles. The number of alkyl halides is 3. The molecule has 200 valence electrons. The number of carbonyl (C=O) groups excluding carboxylic acids is 2. The number of hydroxylamine groups is 2. The van der Waals surface area contributed by atoms with E-state index in [0.29, 0.717) is 16.7 Å². The SMILES string of the molecule is CC(C)(C)c1ccc(CNC2CC2c2ccc(C(=O)N(Cc3ccccc3)OC(=O)C(F)(F)F)cc2)cc1. The maximum absolute atomic E-state index is 13.0. The zero-order valence-electron chi connectivity index (χ0n) is 21.6. The summed E-state index contributed by atoms with van der Waals surface area (Å²) in [5, 5.41) is 4.01. The van der Waals surface area contributed by atoms with Crippen LogP contribution in [-0.2, 0) is 28.1 Å². The molecule has 0 bridgehead atoms. The van der Waals surface area contributed by atoms with Gasteiger partial charge in [-0.15, -0.1) is 0 Å². The predicted octanol–water partition coefficient (Wildman–Crippen LogP) is 6.29. The van der Waals surface area contributed by atoms with Crippen molar-refractivity contribution in [2.75, 3.05) is 0 Å². The molecule has 8 heteroatoms. The average molecular weight is 525 g/mol. The molecule has 0 spiro atoms. The molecule has 1 aliphatic rings. The number of rotatable bonds is 7. The normalized spacial score (nSPS) is 17.1. The zero-order chi connectivity index (χ0) is 27.5.